The first-order valence-corrected chi connectivity index (χ1v) is 5.60. The number of hydrogen-bond donors (Lipinski definition) is 2. The van der Waals surface area contributed by atoms with Crippen molar-refractivity contribution < 1.29 is 4.79 Å². The molecule has 3 N–H and O–H groups in total. The van der Waals surface area contributed by atoms with Crippen LogP contribution in [0.5, 0.6) is 0 Å². The van der Waals surface area contributed by atoms with Gasteiger partial charge < -0.3 is 11.1 Å². The Kier molecular flexibility index (Phi) is 2.92. The topological polar surface area (TPSA) is 68.0 Å². The van der Waals surface area contributed by atoms with Gasteiger partial charge in [-0.1, -0.05) is 6.42 Å². The lowest BCUT2D eigenvalue weighted by atomic mass is 9.68. The molecule has 0 saturated heterocycles. The number of rotatable bonds is 3. The monoisotopic (exact) mass is 219 g/mol. The number of amides is 1. The third kappa shape index (κ3) is 1.93. The summed E-state index contributed by atoms with van der Waals surface area (Å²) >= 11 is 0. The van der Waals surface area contributed by atoms with Crippen LogP contribution in [0, 0.1) is 12.3 Å². The zero-order valence-electron chi connectivity index (χ0n) is 9.49. The average molecular weight is 219 g/mol. The predicted octanol–water partition coefficient (Wildman–Crippen LogP) is 1.46. The minimum atomic E-state index is -0.322. The standard InChI is InChI=1S/C12H17N3O/c1-9-7-10(3-6-14-9)15-11(16)12(8-13)4-2-5-12/h3,6-7H,2,4-5,8,13H2,1H3,(H,14,15,16). The Morgan fingerprint density at radius 3 is 2.88 bits per heavy atom. The van der Waals surface area contributed by atoms with Crippen molar-refractivity contribution in [2.75, 3.05) is 11.9 Å². The number of anilines is 1. The lowest BCUT2D eigenvalue weighted by Crippen LogP contribution is -2.47. The van der Waals surface area contributed by atoms with Gasteiger partial charge in [0.25, 0.3) is 0 Å². The molecule has 4 nitrogen and oxygen atoms in total. The van der Waals surface area contributed by atoms with Crippen LogP contribution in [0.3, 0.4) is 0 Å². The Morgan fingerprint density at radius 1 is 1.62 bits per heavy atom. The number of aromatic nitrogens is 1. The molecule has 16 heavy (non-hydrogen) atoms. The summed E-state index contributed by atoms with van der Waals surface area (Å²) in [7, 11) is 0. The van der Waals surface area contributed by atoms with E-state index in [0.717, 1.165) is 30.6 Å². The quantitative estimate of drug-likeness (QED) is 0.808. The third-order valence-corrected chi connectivity index (χ3v) is 3.34. The minimum absolute atomic E-state index is 0.0480. The molecular formula is C12H17N3O. The molecule has 1 fully saturated rings. The predicted molar refractivity (Wildman–Crippen MR) is 62.9 cm³/mol. The zero-order chi connectivity index (χ0) is 11.6. The van der Waals surface area contributed by atoms with E-state index in [1.165, 1.54) is 0 Å². The molecule has 1 aromatic heterocycles. The Hall–Kier alpha value is -1.42. The smallest absolute Gasteiger partial charge is 0.231 e. The summed E-state index contributed by atoms with van der Waals surface area (Å²) in [6.07, 6.45) is 4.60. The van der Waals surface area contributed by atoms with Crippen LogP contribution in [-0.2, 0) is 4.79 Å². The summed E-state index contributed by atoms with van der Waals surface area (Å²) in [5, 5.41) is 2.92. The van der Waals surface area contributed by atoms with Crippen LogP contribution >= 0.6 is 0 Å². The number of nitrogens with two attached hydrogens (primary N) is 1. The van der Waals surface area contributed by atoms with Crippen LogP contribution in [0.15, 0.2) is 18.3 Å². The van der Waals surface area contributed by atoms with Crippen LogP contribution in [0.2, 0.25) is 0 Å². The first kappa shape index (κ1) is 11.1. The molecule has 4 heteroatoms. The van der Waals surface area contributed by atoms with Crippen LogP contribution < -0.4 is 11.1 Å². The van der Waals surface area contributed by atoms with Crippen molar-refractivity contribution in [2.24, 2.45) is 11.1 Å². The molecule has 0 bridgehead atoms. The van der Waals surface area contributed by atoms with Gasteiger partial charge in [0.15, 0.2) is 0 Å². The molecular weight excluding hydrogens is 202 g/mol. The van der Waals surface area contributed by atoms with Gasteiger partial charge in [0.2, 0.25) is 5.91 Å². The van der Waals surface area contributed by atoms with Crippen molar-refractivity contribution in [3.63, 3.8) is 0 Å². The average Bonchev–Trinajstić information content (AvgIpc) is 2.16. The molecule has 2 rings (SSSR count). The van der Waals surface area contributed by atoms with Gasteiger partial charge in [-0.2, -0.15) is 0 Å². The number of pyridine rings is 1. The van der Waals surface area contributed by atoms with Crippen molar-refractivity contribution in [2.45, 2.75) is 26.2 Å². The molecule has 0 aromatic carbocycles. The molecule has 0 spiro atoms. The number of carbonyl (C=O) groups is 1. The van der Waals surface area contributed by atoms with E-state index in [-0.39, 0.29) is 11.3 Å². The van der Waals surface area contributed by atoms with E-state index in [0.29, 0.717) is 6.54 Å². The fourth-order valence-electron chi connectivity index (χ4n) is 2.01. The van der Waals surface area contributed by atoms with Gasteiger partial charge in [0, 0.05) is 24.1 Å². The highest BCUT2D eigenvalue weighted by molar-refractivity contribution is 5.96. The molecule has 1 aliphatic rings. The van der Waals surface area contributed by atoms with Gasteiger partial charge in [-0.05, 0) is 31.9 Å². The maximum atomic E-state index is 12.0. The second-order valence-electron chi connectivity index (χ2n) is 4.48. The minimum Gasteiger partial charge on any atom is -0.329 e. The maximum absolute atomic E-state index is 12.0. The third-order valence-electron chi connectivity index (χ3n) is 3.34. The highest BCUT2D eigenvalue weighted by Crippen LogP contribution is 2.40. The van der Waals surface area contributed by atoms with E-state index in [1.54, 1.807) is 12.3 Å². The summed E-state index contributed by atoms with van der Waals surface area (Å²) in [4.78, 5) is 16.1. The maximum Gasteiger partial charge on any atom is 0.231 e. The summed E-state index contributed by atoms with van der Waals surface area (Å²) in [5.74, 6) is 0.0480. The van der Waals surface area contributed by atoms with E-state index in [2.05, 4.69) is 10.3 Å². The van der Waals surface area contributed by atoms with Crippen molar-refractivity contribution in [1.29, 1.82) is 0 Å². The molecule has 0 aliphatic heterocycles. The largest absolute Gasteiger partial charge is 0.329 e. The molecule has 1 heterocycles. The van der Waals surface area contributed by atoms with Gasteiger partial charge in [-0.15, -0.1) is 0 Å². The molecule has 0 radical (unpaired) electrons. The van der Waals surface area contributed by atoms with Gasteiger partial charge in [0.05, 0.1) is 5.41 Å². The second kappa shape index (κ2) is 4.22. The summed E-state index contributed by atoms with van der Waals surface area (Å²) in [6, 6.07) is 3.66. The van der Waals surface area contributed by atoms with Gasteiger partial charge in [-0.3, -0.25) is 9.78 Å². The Labute approximate surface area is 95.3 Å². The molecule has 1 saturated carbocycles. The SMILES string of the molecule is Cc1cc(NC(=O)C2(CN)CCC2)ccn1. The lowest BCUT2D eigenvalue weighted by Gasteiger charge is -2.39. The number of carbonyl (C=O) groups excluding carboxylic acids is 1. The highest BCUT2D eigenvalue weighted by atomic mass is 16.2. The number of nitrogens with one attached hydrogen (secondary N) is 1. The van der Waals surface area contributed by atoms with E-state index in [9.17, 15) is 4.79 Å². The second-order valence-corrected chi connectivity index (χ2v) is 4.48. The number of nitrogens with zero attached hydrogens (tertiary/aromatic N) is 1. The lowest BCUT2D eigenvalue weighted by molar-refractivity contribution is -0.129. The van der Waals surface area contributed by atoms with Crippen LogP contribution in [0.25, 0.3) is 0 Å². The van der Waals surface area contributed by atoms with Crippen LogP contribution in [0.1, 0.15) is 25.0 Å². The Morgan fingerprint density at radius 2 is 2.38 bits per heavy atom. The summed E-state index contributed by atoms with van der Waals surface area (Å²) < 4.78 is 0. The van der Waals surface area contributed by atoms with Gasteiger partial charge in [0.1, 0.15) is 0 Å². The fraction of sp³-hybridized carbons (Fsp3) is 0.500. The molecule has 0 atom stereocenters. The molecule has 1 aromatic rings. The van der Waals surface area contributed by atoms with E-state index in [1.807, 2.05) is 13.0 Å². The molecule has 1 aliphatic carbocycles. The van der Waals surface area contributed by atoms with Crippen molar-refractivity contribution in [3.05, 3.63) is 24.0 Å². The first-order chi connectivity index (χ1) is 7.66. The van der Waals surface area contributed by atoms with Crippen LogP contribution in [0.4, 0.5) is 5.69 Å². The molecule has 0 unspecified atom stereocenters. The molecule has 1 amide bonds. The van der Waals surface area contributed by atoms with Crippen LogP contribution in [-0.4, -0.2) is 17.4 Å². The highest BCUT2D eigenvalue weighted by Gasteiger charge is 2.42. The van der Waals surface area contributed by atoms with Crippen molar-refractivity contribution >= 4 is 11.6 Å². The van der Waals surface area contributed by atoms with E-state index in [4.69, 9.17) is 5.73 Å². The molecule has 86 valence electrons. The summed E-state index contributed by atoms with van der Waals surface area (Å²) in [5.41, 5.74) is 7.06. The first-order valence-electron chi connectivity index (χ1n) is 5.60. The van der Waals surface area contributed by atoms with Crippen molar-refractivity contribution in [1.82, 2.24) is 4.98 Å². The zero-order valence-corrected chi connectivity index (χ0v) is 9.49. The number of aryl methyl sites for hydroxylation is 1. The number of hydrogen-bond acceptors (Lipinski definition) is 3. The van der Waals surface area contributed by atoms with Gasteiger partial charge >= 0.3 is 0 Å². The Bertz CT molecular complexity index is 393. The Balaban J connectivity index is 2.07. The van der Waals surface area contributed by atoms with Gasteiger partial charge in [-0.25, -0.2) is 0 Å². The van der Waals surface area contributed by atoms with E-state index >= 15 is 0 Å². The van der Waals surface area contributed by atoms with Crippen molar-refractivity contribution in [3.8, 4) is 0 Å². The fourth-order valence-corrected chi connectivity index (χ4v) is 2.01. The van der Waals surface area contributed by atoms with E-state index < -0.39 is 0 Å². The summed E-state index contributed by atoms with van der Waals surface area (Å²) in [6.45, 7) is 2.33. The normalized spacial score (nSPS) is 17.6.